The van der Waals surface area contributed by atoms with Crippen molar-refractivity contribution in [3.05, 3.63) is 107 Å². The number of hydrogen-bond donors (Lipinski definition) is 0. The molecule has 2 heteroatoms. The fraction of sp³-hybridized carbons (Fsp3) is 0.0909. The molecule has 0 aliphatic heterocycles. The Morgan fingerprint density at radius 3 is 1.50 bits per heavy atom. The third-order valence-corrected chi connectivity index (χ3v) is 3.53. The summed E-state index contributed by atoms with van der Waals surface area (Å²) in [6.45, 7) is 1.36. The van der Waals surface area contributed by atoms with Crippen LogP contribution in [0.2, 0.25) is 0 Å². The number of aliphatic imine (C=N–C) groups is 2. The molecule has 0 saturated carbocycles. The third kappa shape index (κ3) is 5.03. The van der Waals surface area contributed by atoms with E-state index in [0.717, 1.165) is 11.1 Å². The van der Waals surface area contributed by atoms with Gasteiger partial charge in [0, 0.05) is 0 Å². The molecule has 2 nitrogen and oxygen atoms in total. The van der Waals surface area contributed by atoms with Crippen molar-refractivity contribution >= 4 is 12.4 Å². The first kappa shape index (κ1) is 15.9. The number of rotatable bonds is 6. The number of benzene rings is 3. The van der Waals surface area contributed by atoms with Crippen LogP contribution in [-0.4, -0.2) is 12.4 Å². The van der Waals surface area contributed by atoms with Crippen molar-refractivity contribution in [2.75, 3.05) is 0 Å². The zero-order valence-electron chi connectivity index (χ0n) is 13.5. The van der Waals surface area contributed by atoms with Crippen LogP contribution in [-0.2, 0) is 13.1 Å². The van der Waals surface area contributed by atoms with Gasteiger partial charge in [-0.05, 0) is 23.6 Å². The molecule has 3 aromatic rings. The Morgan fingerprint density at radius 1 is 0.583 bits per heavy atom. The van der Waals surface area contributed by atoms with Gasteiger partial charge in [0.2, 0.25) is 0 Å². The van der Waals surface area contributed by atoms with Crippen molar-refractivity contribution in [1.29, 1.82) is 0 Å². The molecule has 0 radical (unpaired) electrons. The van der Waals surface area contributed by atoms with Crippen molar-refractivity contribution in [1.82, 2.24) is 0 Å². The van der Waals surface area contributed by atoms with Crippen LogP contribution in [0.4, 0.5) is 0 Å². The molecule has 0 heterocycles. The van der Waals surface area contributed by atoms with Crippen molar-refractivity contribution < 1.29 is 0 Å². The molecule has 0 aromatic heterocycles. The average Bonchev–Trinajstić information content (AvgIpc) is 2.64. The predicted molar refractivity (Wildman–Crippen MR) is 101 cm³/mol. The van der Waals surface area contributed by atoms with E-state index in [2.05, 4.69) is 40.3 Å². The second kappa shape index (κ2) is 8.59. The van der Waals surface area contributed by atoms with Crippen LogP contribution in [0.1, 0.15) is 22.3 Å². The first-order valence-electron chi connectivity index (χ1n) is 8.00. The van der Waals surface area contributed by atoms with E-state index in [1.165, 1.54) is 11.1 Å². The van der Waals surface area contributed by atoms with E-state index in [1.807, 2.05) is 67.0 Å². The van der Waals surface area contributed by atoms with Crippen LogP contribution in [0.25, 0.3) is 0 Å². The second-order valence-corrected chi connectivity index (χ2v) is 5.47. The largest absolute Gasteiger partial charge is 0.326 e. The Morgan fingerprint density at radius 2 is 1.04 bits per heavy atom. The normalized spacial score (nSPS) is 11.3. The maximum absolute atomic E-state index is 4.48. The highest BCUT2D eigenvalue weighted by Gasteiger charge is 1.88. The van der Waals surface area contributed by atoms with E-state index in [4.69, 9.17) is 0 Å². The molecule has 0 fully saturated rings. The van der Waals surface area contributed by atoms with Gasteiger partial charge in [0.05, 0.1) is 13.1 Å². The molecular formula is C22H19N2-. The quantitative estimate of drug-likeness (QED) is 0.464. The Hall–Kier alpha value is -3.00. The molecule has 0 aliphatic carbocycles. The molecule has 0 unspecified atom stereocenters. The highest BCUT2D eigenvalue weighted by molar-refractivity contribution is 5.85. The fourth-order valence-corrected chi connectivity index (χ4v) is 2.32. The average molecular weight is 311 g/mol. The molecule has 118 valence electrons. The summed E-state index contributed by atoms with van der Waals surface area (Å²) in [5.41, 5.74) is 4.34. The van der Waals surface area contributed by atoms with E-state index >= 15 is 0 Å². The Bertz CT molecular complexity index is 739. The van der Waals surface area contributed by atoms with Crippen molar-refractivity contribution in [3.63, 3.8) is 0 Å². The SMILES string of the molecule is [c-]1c(C=NCc2ccccc2)cccc1C=NCc1ccccc1. The molecule has 0 amide bonds. The summed E-state index contributed by atoms with van der Waals surface area (Å²) < 4.78 is 0. The lowest BCUT2D eigenvalue weighted by Gasteiger charge is -2.04. The summed E-state index contributed by atoms with van der Waals surface area (Å²) in [5, 5.41) is 0. The van der Waals surface area contributed by atoms with E-state index < -0.39 is 0 Å². The summed E-state index contributed by atoms with van der Waals surface area (Å²) in [4.78, 5) is 8.96. The zero-order valence-corrected chi connectivity index (χ0v) is 13.5. The molecular weight excluding hydrogens is 292 g/mol. The Balaban J connectivity index is 1.59. The standard InChI is InChI=1S/C22H19N2/c1-3-8-19(9-4-1)15-23-17-21-12-7-13-22(14-21)18-24-16-20-10-5-2-6-11-20/h1-13,17-18H,15-16H2/q-1. The molecule has 0 saturated heterocycles. The Kier molecular flexibility index (Phi) is 5.68. The molecule has 0 bridgehead atoms. The molecule has 3 rings (SSSR count). The summed E-state index contributed by atoms with van der Waals surface area (Å²) in [7, 11) is 0. The van der Waals surface area contributed by atoms with Gasteiger partial charge in [0.25, 0.3) is 0 Å². The van der Waals surface area contributed by atoms with Gasteiger partial charge in [-0.2, -0.15) is 0 Å². The monoisotopic (exact) mass is 311 g/mol. The lowest BCUT2D eigenvalue weighted by molar-refractivity contribution is 1.08. The van der Waals surface area contributed by atoms with Crippen LogP contribution in [0, 0.1) is 6.07 Å². The molecule has 24 heavy (non-hydrogen) atoms. The van der Waals surface area contributed by atoms with Gasteiger partial charge in [0.1, 0.15) is 0 Å². The molecule has 0 atom stereocenters. The van der Waals surface area contributed by atoms with Crippen molar-refractivity contribution in [2.24, 2.45) is 9.98 Å². The van der Waals surface area contributed by atoms with E-state index in [-0.39, 0.29) is 0 Å². The van der Waals surface area contributed by atoms with Gasteiger partial charge in [-0.15, -0.1) is 35.4 Å². The van der Waals surface area contributed by atoms with Gasteiger partial charge in [0.15, 0.2) is 0 Å². The summed E-state index contributed by atoms with van der Waals surface area (Å²) in [6.07, 6.45) is 3.73. The summed E-state index contributed by atoms with van der Waals surface area (Å²) in [6, 6.07) is 29.8. The zero-order chi connectivity index (χ0) is 16.5. The van der Waals surface area contributed by atoms with Crippen molar-refractivity contribution in [2.45, 2.75) is 13.1 Å². The van der Waals surface area contributed by atoms with Crippen molar-refractivity contribution in [3.8, 4) is 0 Å². The smallest absolute Gasteiger partial charge is 0.0553 e. The first-order chi connectivity index (χ1) is 11.9. The van der Waals surface area contributed by atoms with Gasteiger partial charge < -0.3 is 9.98 Å². The van der Waals surface area contributed by atoms with Gasteiger partial charge in [-0.25, -0.2) is 0 Å². The maximum Gasteiger partial charge on any atom is 0.0553 e. The number of nitrogens with zero attached hydrogens (tertiary/aromatic N) is 2. The minimum absolute atomic E-state index is 0.682. The minimum atomic E-state index is 0.682. The van der Waals surface area contributed by atoms with Gasteiger partial charge >= 0.3 is 0 Å². The van der Waals surface area contributed by atoms with Crippen LogP contribution >= 0.6 is 0 Å². The fourth-order valence-electron chi connectivity index (χ4n) is 2.32. The highest BCUT2D eigenvalue weighted by atomic mass is 14.7. The molecule has 0 N–H and O–H groups in total. The predicted octanol–water partition coefficient (Wildman–Crippen LogP) is 4.72. The minimum Gasteiger partial charge on any atom is -0.326 e. The molecule has 3 aromatic carbocycles. The Labute approximate surface area is 143 Å². The van der Waals surface area contributed by atoms with E-state index in [0.29, 0.717) is 13.1 Å². The maximum atomic E-state index is 4.48. The molecule has 0 aliphatic rings. The van der Waals surface area contributed by atoms with E-state index in [1.54, 1.807) is 0 Å². The number of hydrogen-bond acceptors (Lipinski definition) is 2. The summed E-state index contributed by atoms with van der Waals surface area (Å²) >= 11 is 0. The van der Waals surface area contributed by atoms with Crippen LogP contribution in [0.15, 0.2) is 88.8 Å². The van der Waals surface area contributed by atoms with Gasteiger partial charge in [-0.1, -0.05) is 60.7 Å². The van der Waals surface area contributed by atoms with Gasteiger partial charge in [-0.3, -0.25) is 0 Å². The lowest BCUT2D eigenvalue weighted by atomic mass is 10.1. The topological polar surface area (TPSA) is 24.7 Å². The van der Waals surface area contributed by atoms with Crippen LogP contribution < -0.4 is 0 Å². The second-order valence-electron chi connectivity index (χ2n) is 5.47. The van der Waals surface area contributed by atoms with E-state index in [9.17, 15) is 0 Å². The van der Waals surface area contributed by atoms with Crippen LogP contribution in [0.5, 0.6) is 0 Å². The lowest BCUT2D eigenvalue weighted by Crippen LogP contribution is -1.89. The third-order valence-electron chi connectivity index (χ3n) is 3.53. The highest BCUT2D eigenvalue weighted by Crippen LogP contribution is 2.04. The summed E-state index contributed by atoms with van der Waals surface area (Å²) in [5.74, 6) is 0. The first-order valence-corrected chi connectivity index (χ1v) is 8.00. The molecule has 0 spiro atoms. The van der Waals surface area contributed by atoms with Crippen LogP contribution in [0.3, 0.4) is 0 Å².